The number of amides is 2. The number of hydrogen-bond acceptors (Lipinski definition) is 3. The first-order valence-electron chi connectivity index (χ1n) is 6.67. The fraction of sp³-hybridized carbons (Fsp3) is 0.833. The van der Waals surface area contributed by atoms with Crippen molar-refractivity contribution in [2.24, 2.45) is 0 Å². The van der Waals surface area contributed by atoms with Gasteiger partial charge in [0, 0.05) is 6.54 Å². The number of nitrogens with one attached hydrogen (secondary N) is 1. The lowest BCUT2D eigenvalue weighted by Gasteiger charge is -2.39. The highest BCUT2D eigenvalue weighted by Crippen LogP contribution is 2.33. The van der Waals surface area contributed by atoms with E-state index in [0.717, 1.165) is 12.8 Å². The highest BCUT2D eigenvalue weighted by Gasteiger charge is 2.59. The molecular weight excluding hydrogens is 293 g/mol. The summed E-state index contributed by atoms with van der Waals surface area (Å²) < 4.78 is 44.2. The van der Waals surface area contributed by atoms with E-state index in [1.807, 2.05) is 0 Å². The molecule has 2 amide bonds. The average molecular weight is 310 g/mol. The molecule has 0 bridgehead atoms. The maximum atomic E-state index is 12.9. The van der Waals surface area contributed by atoms with Crippen LogP contribution in [0.3, 0.4) is 0 Å². The van der Waals surface area contributed by atoms with E-state index in [0.29, 0.717) is 13.3 Å². The van der Waals surface area contributed by atoms with E-state index in [1.165, 1.54) is 4.90 Å². The van der Waals surface area contributed by atoms with Crippen LogP contribution in [0.25, 0.3) is 0 Å². The number of halogens is 3. The van der Waals surface area contributed by atoms with Crippen molar-refractivity contribution in [3.63, 3.8) is 0 Å². The molecule has 1 aliphatic carbocycles. The predicted molar refractivity (Wildman–Crippen MR) is 64.7 cm³/mol. The van der Waals surface area contributed by atoms with Gasteiger partial charge in [0.2, 0.25) is 5.54 Å². The van der Waals surface area contributed by atoms with Crippen molar-refractivity contribution in [1.29, 1.82) is 0 Å². The highest BCUT2D eigenvalue weighted by molar-refractivity contribution is 5.87. The van der Waals surface area contributed by atoms with Crippen molar-refractivity contribution in [1.82, 2.24) is 10.2 Å². The lowest BCUT2D eigenvalue weighted by atomic mass is 10.0. The Labute approximate surface area is 119 Å². The molecule has 21 heavy (non-hydrogen) atoms. The Kier molecular flexibility index (Phi) is 4.05. The smallest absolute Gasteiger partial charge is 0.422 e. The van der Waals surface area contributed by atoms with Crippen molar-refractivity contribution in [3.05, 3.63) is 0 Å². The number of carboxylic acid groups (broad SMARTS) is 1. The predicted octanol–water partition coefficient (Wildman–Crippen LogP) is 1.35. The van der Waals surface area contributed by atoms with Gasteiger partial charge in [-0.25, -0.2) is 9.59 Å². The number of morpholine rings is 1. The van der Waals surface area contributed by atoms with Crippen molar-refractivity contribution >= 4 is 12.0 Å². The summed E-state index contributed by atoms with van der Waals surface area (Å²) in [5.74, 6) is -2.14. The van der Waals surface area contributed by atoms with Crippen LogP contribution < -0.4 is 5.32 Å². The van der Waals surface area contributed by atoms with E-state index < -0.39 is 23.7 Å². The minimum absolute atomic E-state index is 0.153. The topological polar surface area (TPSA) is 78.9 Å². The lowest BCUT2D eigenvalue weighted by Crippen LogP contribution is -2.66. The van der Waals surface area contributed by atoms with Gasteiger partial charge in [0.1, 0.15) is 0 Å². The van der Waals surface area contributed by atoms with Crippen LogP contribution >= 0.6 is 0 Å². The molecule has 2 N–H and O–H groups in total. The number of carbonyl (C=O) groups is 2. The van der Waals surface area contributed by atoms with Crippen LogP contribution in [0.15, 0.2) is 0 Å². The third kappa shape index (κ3) is 2.78. The lowest BCUT2D eigenvalue weighted by molar-refractivity contribution is -0.204. The number of aliphatic carboxylic acids is 1. The summed E-state index contributed by atoms with van der Waals surface area (Å²) in [6.45, 7) is 0.838. The maximum absolute atomic E-state index is 12.9. The molecule has 120 valence electrons. The first-order valence-corrected chi connectivity index (χ1v) is 6.67. The Bertz CT molecular complexity index is 443. The Hall–Kier alpha value is -1.51. The van der Waals surface area contributed by atoms with Crippen LogP contribution in [-0.4, -0.2) is 59.0 Å². The SMILES string of the molecule is CC(NC(=O)N1CCOC2CCCC21)(C(=O)O)C(F)(F)F. The summed E-state index contributed by atoms with van der Waals surface area (Å²) >= 11 is 0. The zero-order chi connectivity index (χ0) is 15.8. The second kappa shape index (κ2) is 5.36. The molecule has 9 heteroatoms. The molecule has 2 aliphatic rings. The molecule has 1 heterocycles. The van der Waals surface area contributed by atoms with E-state index in [1.54, 1.807) is 5.32 Å². The van der Waals surface area contributed by atoms with E-state index in [9.17, 15) is 22.8 Å². The summed E-state index contributed by atoms with van der Waals surface area (Å²) in [6.07, 6.45) is -3.03. The largest absolute Gasteiger partial charge is 0.479 e. The number of hydrogen-bond donors (Lipinski definition) is 2. The number of rotatable bonds is 2. The summed E-state index contributed by atoms with van der Waals surface area (Å²) in [5.41, 5.74) is -3.31. The maximum Gasteiger partial charge on any atom is 0.422 e. The monoisotopic (exact) mass is 310 g/mol. The molecule has 0 aromatic rings. The standard InChI is InChI=1S/C12H17F3N2O4/c1-11(9(18)19,12(13,14)15)16-10(20)17-5-6-21-8-4-2-3-7(8)17/h7-8H,2-6H2,1H3,(H,16,20)(H,18,19). The number of urea groups is 1. The number of alkyl halides is 3. The minimum Gasteiger partial charge on any atom is -0.479 e. The summed E-state index contributed by atoms with van der Waals surface area (Å²) in [4.78, 5) is 24.3. The molecule has 0 radical (unpaired) electrons. The van der Waals surface area contributed by atoms with Gasteiger partial charge in [0.15, 0.2) is 0 Å². The molecule has 0 spiro atoms. The van der Waals surface area contributed by atoms with Gasteiger partial charge in [-0.05, 0) is 26.2 Å². The second-order valence-electron chi connectivity index (χ2n) is 5.46. The number of nitrogens with zero attached hydrogens (tertiary/aromatic N) is 1. The van der Waals surface area contributed by atoms with Crippen molar-refractivity contribution in [2.45, 2.75) is 50.0 Å². The van der Waals surface area contributed by atoms with Crippen LogP contribution in [0.5, 0.6) is 0 Å². The van der Waals surface area contributed by atoms with Gasteiger partial charge in [0.25, 0.3) is 0 Å². The Morgan fingerprint density at radius 3 is 2.57 bits per heavy atom. The Morgan fingerprint density at radius 2 is 2.00 bits per heavy atom. The molecule has 0 aromatic carbocycles. The van der Waals surface area contributed by atoms with Crippen LogP contribution in [0.2, 0.25) is 0 Å². The molecule has 3 unspecified atom stereocenters. The number of carboxylic acids is 1. The van der Waals surface area contributed by atoms with E-state index in [2.05, 4.69) is 0 Å². The number of fused-ring (bicyclic) bond motifs is 1. The van der Waals surface area contributed by atoms with Crippen molar-refractivity contribution < 1.29 is 32.6 Å². The van der Waals surface area contributed by atoms with Crippen LogP contribution in [0.1, 0.15) is 26.2 Å². The van der Waals surface area contributed by atoms with E-state index in [-0.39, 0.29) is 25.3 Å². The zero-order valence-corrected chi connectivity index (χ0v) is 11.4. The number of ether oxygens (including phenoxy) is 1. The zero-order valence-electron chi connectivity index (χ0n) is 11.4. The quantitative estimate of drug-likeness (QED) is 0.807. The molecule has 1 saturated heterocycles. The molecule has 1 aliphatic heterocycles. The van der Waals surface area contributed by atoms with Crippen LogP contribution in [0, 0.1) is 0 Å². The normalized spacial score (nSPS) is 28.7. The van der Waals surface area contributed by atoms with Crippen LogP contribution in [0.4, 0.5) is 18.0 Å². The molecule has 2 fully saturated rings. The summed E-state index contributed by atoms with van der Waals surface area (Å²) in [7, 11) is 0. The molecular formula is C12H17F3N2O4. The van der Waals surface area contributed by atoms with Crippen molar-refractivity contribution in [2.75, 3.05) is 13.2 Å². The first-order chi connectivity index (χ1) is 9.67. The Morgan fingerprint density at radius 1 is 1.33 bits per heavy atom. The highest BCUT2D eigenvalue weighted by atomic mass is 19.4. The second-order valence-corrected chi connectivity index (χ2v) is 5.46. The summed E-state index contributed by atoms with van der Waals surface area (Å²) in [6, 6.07) is -1.30. The van der Waals surface area contributed by atoms with Gasteiger partial charge in [0.05, 0.1) is 18.8 Å². The fourth-order valence-corrected chi connectivity index (χ4v) is 2.71. The van der Waals surface area contributed by atoms with Gasteiger partial charge in [-0.2, -0.15) is 13.2 Å². The molecule has 3 atom stereocenters. The third-order valence-corrected chi connectivity index (χ3v) is 4.09. The van der Waals surface area contributed by atoms with E-state index >= 15 is 0 Å². The van der Waals surface area contributed by atoms with Gasteiger partial charge < -0.3 is 20.1 Å². The summed E-state index contributed by atoms with van der Waals surface area (Å²) in [5, 5.41) is 10.4. The number of carbonyl (C=O) groups excluding carboxylic acids is 1. The molecule has 6 nitrogen and oxygen atoms in total. The fourth-order valence-electron chi connectivity index (χ4n) is 2.71. The van der Waals surface area contributed by atoms with Gasteiger partial charge in [-0.15, -0.1) is 0 Å². The third-order valence-electron chi connectivity index (χ3n) is 4.09. The molecule has 2 rings (SSSR count). The molecule has 0 aromatic heterocycles. The van der Waals surface area contributed by atoms with Crippen molar-refractivity contribution in [3.8, 4) is 0 Å². The molecule has 1 saturated carbocycles. The van der Waals surface area contributed by atoms with Crippen LogP contribution in [-0.2, 0) is 9.53 Å². The van der Waals surface area contributed by atoms with E-state index in [4.69, 9.17) is 9.84 Å². The van der Waals surface area contributed by atoms with Gasteiger partial charge >= 0.3 is 18.2 Å². The van der Waals surface area contributed by atoms with Gasteiger partial charge in [-0.1, -0.05) is 0 Å². The Balaban J connectivity index is 2.14. The first kappa shape index (κ1) is 15.9. The van der Waals surface area contributed by atoms with Gasteiger partial charge in [-0.3, -0.25) is 0 Å². The average Bonchev–Trinajstić information content (AvgIpc) is 2.84. The minimum atomic E-state index is -5.09.